The summed E-state index contributed by atoms with van der Waals surface area (Å²) < 4.78 is 0. The largest absolute Gasteiger partial charge is 0.342 e. The van der Waals surface area contributed by atoms with Crippen LogP contribution in [0.25, 0.3) is 0 Å². The monoisotopic (exact) mass is 474 g/mol. The van der Waals surface area contributed by atoms with E-state index >= 15 is 0 Å². The quantitative estimate of drug-likeness (QED) is 0.646. The summed E-state index contributed by atoms with van der Waals surface area (Å²) in [5.41, 5.74) is 1.32. The number of carbonyl (C=O) groups excluding carboxylic acids is 3. The second-order valence-corrected chi connectivity index (χ2v) is 10.1. The van der Waals surface area contributed by atoms with Crippen molar-refractivity contribution in [3.8, 4) is 0 Å². The van der Waals surface area contributed by atoms with E-state index in [0.717, 1.165) is 30.5 Å². The summed E-state index contributed by atoms with van der Waals surface area (Å²) in [5.74, 6) is 0.337. The minimum Gasteiger partial charge on any atom is -0.342 e. The number of likely N-dealkylation sites (tertiary alicyclic amines) is 1. The van der Waals surface area contributed by atoms with Gasteiger partial charge in [0.2, 0.25) is 11.8 Å². The Morgan fingerprint density at radius 2 is 1.60 bits per heavy atom. The van der Waals surface area contributed by atoms with Crippen molar-refractivity contribution < 1.29 is 14.4 Å². The molecule has 184 valence electrons. The molecule has 2 saturated heterocycles. The van der Waals surface area contributed by atoms with Crippen molar-refractivity contribution >= 4 is 23.4 Å². The van der Waals surface area contributed by atoms with Crippen LogP contribution in [0, 0.1) is 5.92 Å². The van der Waals surface area contributed by atoms with Crippen LogP contribution in [0.15, 0.2) is 60.7 Å². The van der Waals surface area contributed by atoms with Gasteiger partial charge in [-0.05, 0) is 43.4 Å². The third-order valence-electron chi connectivity index (χ3n) is 7.95. The SMILES string of the molecule is CN(Cc1ccccc1)C(=O)CN1CN(c2ccccc2)C2(CCN(C(=O)C3CCC3)CC2)C1=O. The molecule has 2 aromatic rings. The van der Waals surface area contributed by atoms with Crippen molar-refractivity contribution in [2.45, 2.75) is 44.2 Å². The fourth-order valence-corrected chi connectivity index (χ4v) is 5.56. The number of likely N-dealkylation sites (N-methyl/N-ethyl adjacent to an activating group) is 1. The van der Waals surface area contributed by atoms with Crippen molar-refractivity contribution in [2.75, 3.05) is 38.3 Å². The number of nitrogens with zero attached hydrogens (tertiary/aromatic N) is 4. The lowest BCUT2D eigenvalue weighted by Gasteiger charge is -2.44. The Hall–Kier alpha value is -3.35. The molecule has 3 aliphatic rings. The van der Waals surface area contributed by atoms with E-state index in [-0.39, 0.29) is 30.2 Å². The molecule has 1 aliphatic carbocycles. The summed E-state index contributed by atoms with van der Waals surface area (Å²) in [5, 5.41) is 0. The number of para-hydroxylation sites is 1. The molecule has 5 rings (SSSR count). The van der Waals surface area contributed by atoms with Gasteiger partial charge >= 0.3 is 0 Å². The average Bonchev–Trinajstić information content (AvgIpc) is 3.10. The van der Waals surface area contributed by atoms with Gasteiger partial charge in [-0.3, -0.25) is 14.4 Å². The zero-order valence-electron chi connectivity index (χ0n) is 20.4. The van der Waals surface area contributed by atoms with Gasteiger partial charge in [-0.15, -0.1) is 0 Å². The zero-order valence-corrected chi connectivity index (χ0v) is 20.4. The lowest BCUT2D eigenvalue weighted by molar-refractivity contribution is -0.144. The minimum absolute atomic E-state index is 0.00134. The fourth-order valence-electron chi connectivity index (χ4n) is 5.56. The third-order valence-corrected chi connectivity index (χ3v) is 7.95. The molecule has 0 unspecified atom stereocenters. The van der Waals surface area contributed by atoms with Gasteiger partial charge in [0.1, 0.15) is 12.1 Å². The Morgan fingerprint density at radius 1 is 0.971 bits per heavy atom. The highest BCUT2D eigenvalue weighted by atomic mass is 16.2. The third kappa shape index (κ3) is 4.51. The van der Waals surface area contributed by atoms with Crippen LogP contribution in [0.3, 0.4) is 0 Å². The van der Waals surface area contributed by atoms with Gasteiger partial charge in [0, 0.05) is 38.3 Å². The molecule has 2 aliphatic heterocycles. The molecular weight excluding hydrogens is 440 g/mol. The van der Waals surface area contributed by atoms with E-state index in [2.05, 4.69) is 4.90 Å². The van der Waals surface area contributed by atoms with Gasteiger partial charge in [0.15, 0.2) is 0 Å². The van der Waals surface area contributed by atoms with Crippen LogP contribution in [-0.2, 0) is 20.9 Å². The molecule has 7 nitrogen and oxygen atoms in total. The van der Waals surface area contributed by atoms with Crippen molar-refractivity contribution in [1.82, 2.24) is 14.7 Å². The molecule has 7 heteroatoms. The van der Waals surface area contributed by atoms with Crippen LogP contribution >= 0.6 is 0 Å². The Labute approximate surface area is 207 Å². The first kappa shape index (κ1) is 23.4. The molecule has 1 spiro atoms. The first-order valence-corrected chi connectivity index (χ1v) is 12.7. The Bertz CT molecular complexity index is 1060. The number of hydrogen-bond donors (Lipinski definition) is 0. The van der Waals surface area contributed by atoms with Gasteiger partial charge in [-0.25, -0.2) is 0 Å². The summed E-state index contributed by atoms with van der Waals surface area (Å²) >= 11 is 0. The van der Waals surface area contributed by atoms with E-state index in [4.69, 9.17) is 0 Å². The minimum atomic E-state index is -0.712. The zero-order chi connectivity index (χ0) is 24.4. The standard InChI is InChI=1S/C28H34N4O3/c1-29(19-22-9-4-2-5-10-22)25(33)20-31-21-32(24-13-6-3-7-14-24)28(27(31)35)15-17-30(18-16-28)26(34)23-11-8-12-23/h2-7,9-10,13-14,23H,8,11-12,15-21H2,1H3. The molecular formula is C28H34N4O3. The molecule has 2 aromatic carbocycles. The van der Waals surface area contributed by atoms with Crippen LogP contribution in [0.2, 0.25) is 0 Å². The predicted molar refractivity (Wildman–Crippen MR) is 134 cm³/mol. The maximum atomic E-state index is 13.9. The van der Waals surface area contributed by atoms with E-state index in [9.17, 15) is 14.4 Å². The van der Waals surface area contributed by atoms with Crippen molar-refractivity contribution in [1.29, 1.82) is 0 Å². The topological polar surface area (TPSA) is 64.2 Å². The van der Waals surface area contributed by atoms with Crippen LogP contribution in [0.1, 0.15) is 37.7 Å². The van der Waals surface area contributed by atoms with E-state index in [1.807, 2.05) is 65.6 Å². The van der Waals surface area contributed by atoms with Crippen molar-refractivity contribution in [3.05, 3.63) is 66.2 Å². The molecule has 35 heavy (non-hydrogen) atoms. The van der Waals surface area contributed by atoms with E-state index in [0.29, 0.717) is 39.1 Å². The maximum absolute atomic E-state index is 13.9. The smallest absolute Gasteiger partial charge is 0.250 e. The van der Waals surface area contributed by atoms with Gasteiger partial charge < -0.3 is 19.6 Å². The number of anilines is 1. The molecule has 3 amide bonds. The Morgan fingerprint density at radius 3 is 2.20 bits per heavy atom. The highest BCUT2D eigenvalue weighted by molar-refractivity contribution is 5.96. The molecule has 1 saturated carbocycles. The van der Waals surface area contributed by atoms with Crippen molar-refractivity contribution in [2.24, 2.45) is 5.92 Å². The number of benzene rings is 2. The number of piperidine rings is 1. The van der Waals surface area contributed by atoms with Gasteiger partial charge in [0.25, 0.3) is 5.91 Å². The molecule has 0 N–H and O–H groups in total. The molecule has 2 heterocycles. The van der Waals surface area contributed by atoms with Crippen LogP contribution in [0.4, 0.5) is 5.69 Å². The average molecular weight is 475 g/mol. The molecule has 0 radical (unpaired) electrons. The van der Waals surface area contributed by atoms with E-state index in [1.165, 1.54) is 0 Å². The number of amides is 3. The summed E-state index contributed by atoms with van der Waals surface area (Å²) in [7, 11) is 1.78. The molecule has 0 bridgehead atoms. The predicted octanol–water partition coefficient (Wildman–Crippen LogP) is 3.11. The van der Waals surface area contributed by atoms with E-state index in [1.54, 1.807) is 16.8 Å². The first-order chi connectivity index (χ1) is 17.0. The molecule has 0 atom stereocenters. The lowest BCUT2D eigenvalue weighted by Crippen LogP contribution is -2.58. The lowest BCUT2D eigenvalue weighted by atomic mass is 9.81. The summed E-state index contributed by atoms with van der Waals surface area (Å²) in [6.07, 6.45) is 4.29. The van der Waals surface area contributed by atoms with Crippen LogP contribution < -0.4 is 4.90 Å². The van der Waals surface area contributed by atoms with Gasteiger partial charge in [-0.2, -0.15) is 0 Å². The van der Waals surface area contributed by atoms with Crippen LogP contribution in [0.5, 0.6) is 0 Å². The molecule has 3 fully saturated rings. The summed E-state index contributed by atoms with van der Waals surface area (Å²) in [6, 6.07) is 19.8. The van der Waals surface area contributed by atoms with Crippen molar-refractivity contribution in [3.63, 3.8) is 0 Å². The molecule has 0 aromatic heterocycles. The Kier molecular flexibility index (Phi) is 6.50. The number of rotatable bonds is 6. The first-order valence-electron chi connectivity index (χ1n) is 12.7. The summed E-state index contributed by atoms with van der Waals surface area (Å²) in [6.45, 7) is 2.11. The highest BCUT2D eigenvalue weighted by Crippen LogP contribution is 2.40. The second-order valence-electron chi connectivity index (χ2n) is 10.1. The fraction of sp³-hybridized carbons (Fsp3) is 0.464. The van der Waals surface area contributed by atoms with Crippen LogP contribution in [-0.4, -0.2) is 71.3 Å². The number of carbonyl (C=O) groups is 3. The highest BCUT2D eigenvalue weighted by Gasteiger charge is 2.54. The second kappa shape index (κ2) is 9.72. The number of hydrogen-bond acceptors (Lipinski definition) is 4. The van der Waals surface area contributed by atoms with Gasteiger partial charge in [-0.1, -0.05) is 55.0 Å². The Balaban J connectivity index is 1.31. The summed E-state index contributed by atoms with van der Waals surface area (Å²) in [4.78, 5) is 47.3. The normalized spacial score (nSPS) is 19.7. The maximum Gasteiger partial charge on any atom is 0.250 e. The van der Waals surface area contributed by atoms with E-state index < -0.39 is 5.54 Å². The van der Waals surface area contributed by atoms with Gasteiger partial charge in [0.05, 0.1) is 6.67 Å².